The van der Waals surface area contributed by atoms with Gasteiger partial charge in [0.25, 0.3) is 5.56 Å². The Hall–Kier alpha value is -2.31. The Kier molecular flexibility index (Phi) is 4.23. The van der Waals surface area contributed by atoms with Gasteiger partial charge in [-0.1, -0.05) is 41.6 Å². The molecular weight excluding hydrogens is 356 g/mol. The van der Waals surface area contributed by atoms with E-state index in [-0.39, 0.29) is 10.8 Å². The van der Waals surface area contributed by atoms with E-state index < -0.39 is 0 Å². The smallest absolute Gasteiger partial charge is 0.252 e. The molecule has 1 aromatic carbocycles. The minimum Gasteiger partial charge on any atom is -0.329 e. The molecule has 0 bridgehead atoms. The van der Waals surface area contributed by atoms with E-state index in [4.69, 9.17) is 11.6 Å². The van der Waals surface area contributed by atoms with Gasteiger partial charge in [-0.2, -0.15) is 5.10 Å². The number of pyridine rings is 1. The number of thioether (sulfide) groups is 1. The molecule has 1 unspecified atom stereocenters. The minimum atomic E-state index is -0.101. The van der Waals surface area contributed by atoms with E-state index >= 15 is 0 Å². The number of fused-ring (bicyclic) bond motifs is 1. The van der Waals surface area contributed by atoms with E-state index in [1.807, 2.05) is 54.2 Å². The van der Waals surface area contributed by atoms with E-state index in [9.17, 15) is 4.79 Å². The van der Waals surface area contributed by atoms with Crippen molar-refractivity contribution < 1.29 is 0 Å². The Labute approximate surface area is 153 Å². The number of aromatic amines is 1. The maximum Gasteiger partial charge on any atom is 0.252 e. The second-order valence-electron chi connectivity index (χ2n) is 5.79. The Morgan fingerprint density at radius 3 is 2.80 bits per heavy atom. The summed E-state index contributed by atoms with van der Waals surface area (Å²) in [5, 5.41) is 6.03. The summed E-state index contributed by atoms with van der Waals surface area (Å²) in [4.78, 5) is 19.6. The van der Waals surface area contributed by atoms with E-state index in [1.54, 1.807) is 18.0 Å². The molecule has 1 atom stereocenters. The van der Waals surface area contributed by atoms with Crippen LogP contribution in [0.2, 0.25) is 5.02 Å². The van der Waals surface area contributed by atoms with Gasteiger partial charge in [-0.25, -0.2) is 9.67 Å². The Bertz CT molecular complexity index is 1010. The quantitative estimate of drug-likeness (QED) is 0.753. The molecule has 25 heavy (non-hydrogen) atoms. The second kappa shape index (κ2) is 6.54. The van der Waals surface area contributed by atoms with Gasteiger partial charge < -0.3 is 4.98 Å². The van der Waals surface area contributed by atoms with Crippen molar-refractivity contribution in [2.75, 3.05) is 0 Å². The molecule has 0 spiro atoms. The Morgan fingerprint density at radius 2 is 2.04 bits per heavy atom. The average molecular weight is 371 g/mol. The van der Waals surface area contributed by atoms with Crippen LogP contribution >= 0.6 is 23.4 Å². The predicted molar refractivity (Wildman–Crippen MR) is 102 cm³/mol. The van der Waals surface area contributed by atoms with Crippen molar-refractivity contribution in [1.82, 2.24) is 14.8 Å². The SMILES string of the molecule is CC1=Nc2c(cnn2Cc2ccc(Cl)cc2)C(c2ccc[nH]c2=O)S1. The number of nitrogens with one attached hydrogen (secondary N) is 1. The third-order valence-electron chi connectivity index (χ3n) is 4.05. The largest absolute Gasteiger partial charge is 0.329 e. The van der Waals surface area contributed by atoms with Gasteiger partial charge in [-0.3, -0.25) is 4.79 Å². The molecule has 0 saturated heterocycles. The highest BCUT2D eigenvalue weighted by molar-refractivity contribution is 8.14. The van der Waals surface area contributed by atoms with Crippen LogP contribution in [0.15, 0.2) is 58.6 Å². The summed E-state index contributed by atoms with van der Waals surface area (Å²) >= 11 is 7.53. The molecule has 3 aromatic rings. The summed E-state index contributed by atoms with van der Waals surface area (Å²) in [6.07, 6.45) is 3.45. The van der Waals surface area contributed by atoms with Gasteiger partial charge in [-0.05, 0) is 30.7 Å². The molecule has 0 amide bonds. The van der Waals surface area contributed by atoms with Crippen LogP contribution in [0.1, 0.15) is 28.9 Å². The van der Waals surface area contributed by atoms with Gasteiger partial charge >= 0.3 is 0 Å². The first kappa shape index (κ1) is 16.2. The van der Waals surface area contributed by atoms with Crippen molar-refractivity contribution in [1.29, 1.82) is 0 Å². The fourth-order valence-electron chi connectivity index (χ4n) is 2.86. The maximum absolute atomic E-state index is 12.2. The van der Waals surface area contributed by atoms with Crippen molar-refractivity contribution in [2.45, 2.75) is 18.7 Å². The lowest BCUT2D eigenvalue weighted by Crippen LogP contribution is -2.17. The van der Waals surface area contributed by atoms with Crippen LogP contribution in [0.4, 0.5) is 5.82 Å². The van der Waals surface area contributed by atoms with Crippen molar-refractivity contribution >= 4 is 34.2 Å². The number of hydrogen-bond donors (Lipinski definition) is 1. The zero-order valence-corrected chi connectivity index (χ0v) is 15.0. The van der Waals surface area contributed by atoms with Crippen LogP contribution < -0.4 is 5.56 Å². The van der Waals surface area contributed by atoms with Crippen molar-refractivity contribution in [3.05, 3.63) is 80.9 Å². The summed E-state index contributed by atoms with van der Waals surface area (Å²) in [6.45, 7) is 2.56. The van der Waals surface area contributed by atoms with Crippen LogP contribution in [0.25, 0.3) is 0 Å². The molecule has 1 N–H and O–H groups in total. The highest BCUT2D eigenvalue weighted by Crippen LogP contribution is 2.44. The van der Waals surface area contributed by atoms with E-state index in [1.165, 1.54) is 0 Å². The Morgan fingerprint density at radius 1 is 1.24 bits per heavy atom. The summed E-state index contributed by atoms with van der Waals surface area (Å²) in [7, 11) is 0. The van der Waals surface area contributed by atoms with E-state index in [0.717, 1.165) is 22.0 Å². The van der Waals surface area contributed by atoms with Crippen LogP contribution in [0.5, 0.6) is 0 Å². The fraction of sp³-hybridized carbons (Fsp3) is 0.167. The molecule has 7 heteroatoms. The van der Waals surface area contributed by atoms with Gasteiger partial charge in [0.2, 0.25) is 0 Å². The molecule has 0 radical (unpaired) electrons. The second-order valence-corrected chi connectivity index (χ2v) is 7.53. The monoisotopic (exact) mass is 370 g/mol. The van der Waals surface area contributed by atoms with Gasteiger partial charge in [0, 0.05) is 22.3 Å². The predicted octanol–water partition coefficient (Wildman–Crippen LogP) is 4.16. The molecule has 126 valence electrons. The number of benzene rings is 1. The third kappa shape index (κ3) is 3.15. The van der Waals surface area contributed by atoms with Crippen LogP contribution in [0.3, 0.4) is 0 Å². The van der Waals surface area contributed by atoms with Gasteiger partial charge in [-0.15, -0.1) is 0 Å². The van der Waals surface area contributed by atoms with Crippen molar-refractivity contribution in [3.63, 3.8) is 0 Å². The molecular formula is C18H15ClN4OS. The first-order chi connectivity index (χ1) is 12.1. The topological polar surface area (TPSA) is 63.0 Å². The average Bonchev–Trinajstić information content (AvgIpc) is 2.99. The number of nitrogens with zero attached hydrogens (tertiary/aromatic N) is 3. The molecule has 2 aromatic heterocycles. The molecule has 3 heterocycles. The summed E-state index contributed by atoms with van der Waals surface area (Å²) in [5.74, 6) is 0.805. The summed E-state index contributed by atoms with van der Waals surface area (Å²) in [6, 6.07) is 11.4. The van der Waals surface area contributed by atoms with Crippen LogP contribution in [0, 0.1) is 0 Å². The Balaban J connectivity index is 1.74. The summed E-state index contributed by atoms with van der Waals surface area (Å²) in [5.41, 5.74) is 2.69. The number of aromatic nitrogens is 3. The number of H-pyrrole nitrogens is 1. The van der Waals surface area contributed by atoms with Crippen molar-refractivity contribution in [2.24, 2.45) is 4.99 Å². The zero-order valence-electron chi connectivity index (χ0n) is 13.4. The van der Waals surface area contributed by atoms with Gasteiger partial charge in [0.1, 0.15) is 0 Å². The molecule has 1 aliphatic heterocycles. The molecule has 0 fully saturated rings. The molecule has 0 aliphatic carbocycles. The van der Waals surface area contributed by atoms with E-state index in [2.05, 4.69) is 15.1 Å². The first-order valence-corrected chi connectivity index (χ1v) is 9.07. The lowest BCUT2D eigenvalue weighted by molar-refractivity contribution is 0.690. The van der Waals surface area contributed by atoms with E-state index in [0.29, 0.717) is 17.1 Å². The third-order valence-corrected chi connectivity index (χ3v) is 5.48. The molecule has 4 rings (SSSR count). The minimum absolute atomic E-state index is 0.0777. The molecule has 0 saturated carbocycles. The number of hydrogen-bond acceptors (Lipinski definition) is 4. The molecule has 5 nitrogen and oxygen atoms in total. The summed E-state index contributed by atoms with van der Waals surface area (Å²) < 4.78 is 1.87. The standard InChI is InChI=1S/C18H15ClN4OS/c1-11-22-17-15(16(25-11)14-3-2-8-20-18(14)24)9-21-23(17)10-12-4-6-13(19)7-5-12/h2-9,16H,10H2,1H3,(H,20,24). The lowest BCUT2D eigenvalue weighted by atomic mass is 10.1. The maximum atomic E-state index is 12.2. The van der Waals surface area contributed by atoms with Gasteiger partial charge in [0.05, 0.1) is 23.0 Å². The lowest BCUT2D eigenvalue weighted by Gasteiger charge is -2.20. The molecule has 1 aliphatic rings. The highest BCUT2D eigenvalue weighted by Gasteiger charge is 2.28. The van der Waals surface area contributed by atoms with Crippen LogP contribution in [-0.4, -0.2) is 19.8 Å². The van der Waals surface area contributed by atoms with Crippen molar-refractivity contribution in [3.8, 4) is 0 Å². The van der Waals surface area contributed by atoms with Crippen LogP contribution in [-0.2, 0) is 6.54 Å². The normalized spacial score (nSPS) is 16.4. The van der Waals surface area contributed by atoms with Gasteiger partial charge in [0.15, 0.2) is 5.82 Å². The number of halogens is 1. The highest BCUT2D eigenvalue weighted by atomic mass is 35.5. The first-order valence-electron chi connectivity index (χ1n) is 7.81. The number of aliphatic imine (C=N–C) groups is 1. The fourth-order valence-corrected chi connectivity index (χ4v) is 4.07. The zero-order chi connectivity index (χ0) is 17.4. The number of rotatable bonds is 3.